The van der Waals surface area contributed by atoms with Crippen LogP contribution in [0.2, 0.25) is 0 Å². The lowest BCUT2D eigenvalue weighted by molar-refractivity contribution is 0.344. The number of hydrogen-bond acceptors (Lipinski definition) is 3. The number of nitrogens with one attached hydrogen (secondary N) is 1. The quantitative estimate of drug-likeness (QED) is 0.450. The molecule has 1 atom stereocenters. The molecule has 0 aliphatic carbocycles. The highest BCUT2D eigenvalue weighted by atomic mass is 127. The van der Waals surface area contributed by atoms with Gasteiger partial charge in [-0.15, -0.1) is 24.0 Å². The molecule has 118 valence electrons. The molecule has 0 spiro atoms. The number of guanidine groups is 1. The molecule has 1 aromatic rings. The number of rotatable bonds is 5. The van der Waals surface area contributed by atoms with Gasteiger partial charge in [-0.25, -0.2) is 0 Å². The summed E-state index contributed by atoms with van der Waals surface area (Å²) < 4.78 is 5.27. The number of nitrogens with two attached hydrogens (primary N) is 1. The fraction of sp³-hybridized carbons (Fsp3) is 0.533. The number of methoxy groups -OCH3 is 1. The molecule has 6 heteroatoms. The molecule has 0 amide bonds. The number of likely N-dealkylation sites (tertiary alicyclic amines) is 1. The highest BCUT2D eigenvalue weighted by Crippen LogP contribution is 2.22. The highest BCUT2D eigenvalue weighted by molar-refractivity contribution is 14.0. The SMILES string of the molecule is CCN1CCC(CN=C(N)Nc2ccccc2OC)C1.I. The Bertz CT molecular complexity index is 467. The van der Waals surface area contributed by atoms with Crippen molar-refractivity contribution in [2.75, 3.05) is 38.6 Å². The van der Waals surface area contributed by atoms with Crippen LogP contribution in [-0.2, 0) is 0 Å². The number of hydrogen-bond donors (Lipinski definition) is 2. The Morgan fingerprint density at radius 1 is 1.48 bits per heavy atom. The predicted molar refractivity (Wildman–Crippen MR) is 98.7 cm³/mol. The number of benzene rings is 1. The summed E-state index contributed by atoms with van der Waals surface area (Å²) in [6.45, 7) is 6.40. The second-order valence-corrected chi connectivity index (χ2v) is 5.10. The van der Waals surface area contributed by atoms with E-state index in [1.165, 1.54) is 13.0 Å². The maximum absolute atomic E-state index is 5.94. The summed E-state index contributed by atoms with van der Waals surface area (Å²) in [6.07, 6.45) is 1.21. The second-order valence-electron chi connectivity index (χ2n) is 5.10. The average Bonchev–Trinajstić information content (AvgIpc) is 2.94. The summed E-state index contributed by atoms with van der Waals surface area (Å²) in [6, 6.07) is 7.69. The first kappa shape index (κ1) is 18.0. The molecule has 1 aliphatic heterocycles. The monoisotopic (exact) mass is 404 g/mol. The Kier molecular flexibility index (Phi) is 7.81. The zero-order valence-electron chi connectivity index (χ0n) is 12.7. The van der Waals surface area contributed by atoms with Gasteiger partial charge >= 0.3 is 0 Å². The summed E-state index contributed by atoms with van der Waals surface area (Å²) in [7, 11) is 1.64. The van der Waals surface area contributed by atoms with Gasteiger partial charge in [-0.3, -0.25) is 4.99 Å². The zero-order valence-corrected chi connectivity index (χ0v) is 15.0. The van der Waals surface area contributed by atoms with E-state index in [2.05, 4.69) is 22.1 Å². The van der Waals surface area contributed by atoms with E-state index in [1.807, 2.05) is 24.3 Å². The first-order valence-electron chi connectivity index (χ1n) is 7.15. The van der Waals surface area contributed by atoms with E-state index >= 15 is 0 Å². The summed E-state index contributed by atoms with van der Waals surface area (Å²) in [5.41, 5.74) is 6.79. The van der Waals surface area contributed by atoms with Gasteiger partial charge in [0.2, 0.25) is 0 Å². The van der Waals surface area contributed by atoms with Gasteiger partial charge in [-0.05, 0) is 37.6 Å². The third-order valence-corrected chi connectivity index (χ3v) is 3.71. The molecule has 1 fully saturated rings. The minimum absolute atomic E-state index is 0. The fourth-order valence-electron chi connectivity index (χ4n) is 2.50. The molecule has 1 aromatic carbocycles. The van der Waals surface area contributed by atoms with Crippen molar-refractivity contribution in [2.24, 2.45) is 16.6 Å². The lowest BCUT2D eigenvalue weighted by Crippen LogP contribution is -2.25. The number of nitrogens with zero attached hydrogens (tertiary/aromatic N) is 2. The smallest absolute Gasteiger partial charge is 0.193 e. The van der Waals surface area contributed by atoms with E-state index in [0.29, 0.717) is 11.9 Å². The highest BCUT2D eigenvalue weighted by Gasteiger charge is 2.20. The van der Waals surface area contributed by atoms with Crippen molar-refractivity contribution >= 4 is 35.6 Å². The van der Waals surface area contributed by atoms with Crippen LogP contribution in [0.4, 0.5) is 5.69 Å². The Labute approximate surface area is 144 Å². The van der Waals surface area contributed by atoms with Gasteiger partial charge in [0.05, 0.1) is 12.8 Å². The van der Waals surface area contributed by atoms with Crippen molar-refractivity contribution < 1.29 is 4.74 Å². The number of aliphatic imine (C=N–C) groups is 1. The normalized spacial score (nSPS) is 19.1. The van der Waals surface area contributed by atoms with Gasteiger partial charge in [0, 0.05) is 13.1 Å². The van der Waals surface area contributed by atoms with Gasteiger partial charge in [0.15, 0.2) is 5.96 Å². The molecule has 1 unspecified atom stereocenters. The molecule has 1 aliphatic rings. The second kappa shape index (κ2) is 9.09. The first-order chi connectivity index (χ1) is 9.72. The average molecular weight is 404 g/mol. The van der Waals surface area contributed by atoms with Gasteiger partial charge in [0.1, 0.15) is 5.75 Å². The number of anilines is 1. The fourth-order valence-corrected chi connectivity index (χ4v) is 2.50. The zero-order chi connectivity index (χ0) is 14.4. The van der Waals surface area contributed by atoms with E-state index in [0.717, 1.165) is 31.1 Å². The lowest BCUT2D eigenvalue weighted by Gasteiger charge is -2.12. The van der Waals surface area contributed by atoms with Crippen molar-refractivity contribution in [2.45, 2.75) is 13.3 Å². The maximum Gasteiger partial charge on any atom is 0.193 e. The lowest BCUT2D eigenvalue weighted by atomic mass is 10.1. The van der Waals surface area contributed by atoms with E-state index in [-0.39, 0.29) is 24.0 Å². The molecule has 2 rings (SSSR count). The van der Waals surface area contributed by atoms with Gasteiger partial charge in [-0.1, -0.05) is 19.1 Å². The number of ether oxygens (including phenoxy) is 1. The molecule has 0 bridgehead atoms. The molecule has 0 saturated carbocycles. The standard InChI is InChI=1S/C15H24N4O.HI/c1-3-19-9-8-12(11-19)10-17-15(16)18-13-6-4-5-7-14(13)20-2;/h4-7,12H,3,8-11H2,1-2H3,(H3,16,17,18);1H. The molecule has 0 aromatic heterocycles. The molecule has 1 saturated heterocycles. The van der Waals surface area contributed by atoms with Crippen LogP contribution < -0.4 is 15.8 Å². The number of halogens is 1. The minimum atomic E-state index is 0. The van der Waals surface area contributed by atoms with Gasteiger partial charge in [0.25, 0.3) is 0 Å². The van der Waals surface area contributed by atoms with E-state index in [9.17, 15) is 0 Å². The largest absolute Gasteiger partial charge is 0.495 e. The Hall–Kier alpha value is -1.02. The van der Waals surface area contributed by atoms with Crippen molar-refractivity contribution in [3.8, 4) is 5.75 Å². The molecule has 5 nitrogen and oxygen atoms in total. The minimum Gasteiger partial charge on any atom is -0.495 e. The van der Waals surface area contributed by atoms with Crippen LogP contribution in [0.5, 0.6) is 5.75 Å². The molecule has 21 heavy (non-hydrogen) atoms. The topological polar surface area (TPSA) is 62.9 Å². The van der Waals surface area contributed by atoms with Crippen molar-refractivity contribution in [1.29, 1.82) is 0 Å². The molecule has 3 N–H and O–H groups in total. The third kappa shape index (κ3) is 5.35. The molecule has 1 heterocycles. The van der Waals surface area contributed by atoms with Crippen LogP contribution in [-0.4, -0.2) is 44.1 Å². The Morgan fingerprint density at radius 2 is 2.24 bits per heavy atom. The van der Waals surface area contributed by atoms with Crippen molar-refractivity contribution in [1.82, 2.24) is 4.90 Å². The van der Waals surface area contributed by atoms with Gasteiger partial charge < -0.3 is 20.7 Å². The van der Waals surface area contributed by atoms with E-state index in [1.54, 1.807) is 7.11 Å². The van der Waals surface area contributed by atoms with Crippen LogP contribution >= 0.6 is 24.0 Å². The van der Waals surface area contributed by atoms with Crippen LogP contribution in [0.25, 0.3) is 0 Å². The molecular weight excluding hydrogens is 379 g/mol. The van der Waals surface area contributed by atoms with E-state index < -0.39 is 0 Å². The van der Waals surface area contributed by atoms with Crippen LogP contribution in [0, 0.1) is 5.92 Å². The molecular formula is C15H25IN4O. The molecule has 0 radical (unpaired) electrons. The van der Waals surface area contributed by atoms with E-state index in [4.69, 9.17) is 10.5 Å². The predicted octanol–water partition coefficient (Wildman–Crippen LogP) is 2.38. The Morgan fingerprint density at radius 3 is 2.90 bits per heavy atom. The van der Waals surface area contributed by atoms with Crippen molar-refractivity contribution in [3.63, 3.8) is 0 Å². The van der Waals surface area contributed by atoms with Crippen LogP contribution in [0.1, 0.15) is 13.3 Å². The van der Waals surface area contributed by atoms with Crippen LogP contribution in [0.15, 0.2) is 29.3 Å². The first-order valence-corrected chi connectivity index (χ1v) is 7.15. The summed E-state index contributed by atoms with van der Waals surface area (Å²) in [5.74, 6) is 1.83. The third-order valence-electron chi connectivity index (χ3n) is 3.71. The van der Waals surface area contributed by atoms with Gasteiger partial charge in [-0.2, -0.15) is 0 Å². The summed E-state index contributed by atoms with van der Waals surface area (Å²) in [4.78, 5) is 6.90. The Balaban J connectivity index is 0.00000220. The van der Waals surface area contributed by atoms with Crippen LogP contribution in [0.3, 0.4) is 0 Å². The van der Waals surface area contributed by atoms with Crippen molar-refractivity contribution in [3.05, 3.63) is 24.3 Å². The summed E-state index contributed by atoms with van der Waals surface area (Å²) >= 11 is 0. The summed E-state index contributed by atoms with van der Waals surface area (Å²) in [5, 5.41) is 3.10. The number of para-hydroxylation sites is 2. The maximum atomic E-state index is 5.94.